The number of methoxy groups -OCH3 is 1. The Hall–Kier alpha value is -1.81. The summed E-state index contributed by atoms with van der Waals surface area (Å²) in [5.74, 6) is 1.68. The fourth-order valence-electron chi connectivity index (χ4n) is 2.35. The molecule has 0 amide bonds. The fourth-order valence-corrected chi connectivity index (χ4v) is 2.35. The predicted molar refractivity (Wildman–Crippen MR) is 83.9 cm³/mol. The first-order valence-corrected chi connectivity index (χ1v) is 7.37. The van der Waals surface area contributed by atoms with Gasteiger partial charge >= 0.3 is 0 Å². The van der Waals surface area contributed by atoms with Gasteiger partial charge in [-0.3, -0.25) is 4.79 Å². The van der Waals surface area contributed by atoms with Crippen molar-refractivity contribution in [2.45, 2.75) is 19.8 Å². The lowest BCUT2D eigenvalue weighted by Gasteiger charge is -2.23. The number of rotatable bonds is 5. The third-order valence-electron chi connectivity index (χ3n) is 3.51. The minimum Gasteiger partial charge on any atom is -0.493 e. The van der Waals surface area contributed by atoms with Crippen molar-refractivity contribution in [2.24, 2.45) is 0 Å². The van der Waals surface area contributed by atoms with Crippen LogP contribution >= 0.6 is 0 Å². The molecule has 0 spiro atoms. The van der Waals surface area contributed by atoms with E-state index in [-0.39, 0.29) is 5.78 Å². The molecule has 1 fully saturated rings. The average molecular weight is 289 g/mol. The normalized spacial score (nSPS) is 18.0. The molecule has 0 unspecified atom stereocenters. The number of ketones is 1. The predicted octanol–water partition coefficient (Wildman–Crippen LogP) is 2.77. The van der Waals surface area contributed by atoms with Crippen molar-refractivity contribution >= 4 is 11.9 Å². The molecule has 4 heteroatoms. The number of hydrogen-bond acceptors (Lipinski definition) is 4. The van der Waals surface area contributed by atoms with E-state index in [1.54, 1.807) is 7.11 Å². The van der Waals surface area contributed by atoms with Gasteiger partial charge in [0.15, 0.2) is 17.3 Å². The molecule has 0 aliphatic carbocycles. The van der Waals surface area contributed by atoms with Crippen LogP contribution in [0.25, 0.3) is 6.08 Å². The highest BCUT2D eigenvalue weighted by Gasteiger charge is 2.18. The van der Waals surface area contributed by atoms with E-state index in [1.807, 2.05) is 31.3 Å². The van der Waals surface area contributed by atoms with E-state index in [9.17, 15) is 4.79 Å². The summed E-state index contributed by atoms with van der Waals surface area (Å²) in [4.78, 5) is 14.1. The molecule has 1 saturated heterocycles. The Bertz CT molecular complexity index is 537. The van der Waals surface area contributed by atoms with Gasteiger partial charge in [0.2, 0.25) is 0 Å². The van der Waals surface area contributed by atoms with Crippen LogP contribution in [0.5, 0.6) is 11.5 Å². The third-order valence-corrected chi connectivity index (χ3v) is 3.51. The van der Waals surface area contributed by atoms with Gasteiger partial charge in [-0.05, 0) is 37.2 Å². The minimum absolute atomic E-state index is 0.236. The molecule has 0 saturated carbocycles. The maximum atomic E-state index is 12.0. The van der Waals surface area contributed by atoms with Crippen molar-refractivity contribution in [3.63, 3.8) is 0 Å². The van der Waals surface area contributed by atoms with E-state index in [1.165, 1.54) is 0 Å². The maximum Gasteiger partial charge on any atom is 0.161 e. The first kappa shape index (κ1) is 15.6. The second kappa shape index (κ2) is 7.27. The molecular weight excluding hydrogens is 266 g/mol. The summed E-state index contributed by atoms with van der Waals surface area (Å²) in [6, 6.07) is 5.77. The third kappa shape index (κ3) is 4.08. The van der Waals surface area contributed by atoms with Gasteiger partial charge < -0.3 is 14.4 Å². The number of Topliss-reactive ketones (excluding diaryl/α,β-unsaturated/α-hetero) is 1. The van der Waals surface area contributed by atoms with E-state index in [0.717, 1.165) is 35.6 Å². The van der Waals surface area contributed by atoms with Gasteiger partial charge in [0, 0.05) is 25.1 Å². The fraction of sp³-hybridized carbons (Fsp3) is 0.471. The number of piperidine rings is 1. The monoisotopic (exact) mass is 289 g/mol. The number of carbonyl (C=O) groups excluding carboxylic acids is 1. The number of nitrogens with zero attached hydrogens (tertiary/aromatic N) is 1. The van der Waals surface area contributed by atoms with Crippen LogP contribution in [-0.2, 0) is 4.79 Å². The highest BCUT2D eigenvalue weighted by atomic mass is 16.5. The van der Waals surface area contributed by atoms with Gasteiger partial charge in [0.25, 0.3) is 0 Å². The van der Waals surface area contributed by atoms with Crippen molar-refractivity contribution in [1.82, 2.24) is 4.90 Å². The van der Waals surface area contributed by atoms with E-state index in [2.05, 4.69) is 11.8 Å². The zero-order chi connectivity index (χ0) is 15.2. The van der Waals surface area contributed by atoms with Gasteiger partial charge in [0.05, 0.1) is 13.7 Å². The minimum atomic E-state index is 0.236. The van der Waals surface area contributed by atoms with Crippen molar-refractivity contribution in [3.8, 4) is 11.5 Å². The Morgan fingerprint density at radius 1 is 1.33 bits per heavy atom. The summed E-state index contributed by atoms with van der Waals surface area (Å²) >= 11 is 0. The van der Waals surface area contributed by atoms with E-state index in [0.29, 0.717) is 19.6 Å². The summed E-state index contributed by atoms with van der Waals surface area (Å²) < 4.78 is 11.0. The van der Waals surface area contributed by atoms with Gasteiger partial charge in [-0.2, -0.15) is 0 Å². The quantitative estimate of drug-likeness (QED) is 0.781. The van der Waals surface area contributed by atoms with Gasteiger partial charge in [-0.1, -0.05) is 13.0 Å². The molecule has 1 aromatic carbocycles. The second-order valence-corrected chi connectivity index (χ2v) is 5.34. The Kier molecular flexibility index (Phi) is 5.39. The van der Waals surface area contributed by atoms with Gasteiger partial charge in [0.1, 0.15) is 0 Å². The van der Waals surface area contributed by atoms with E-state index in [4.69, 9.17) is 9.47 Å². The Morgan fingerprint density at radius 2 is 2.14 bits per heavy atom. The molecule has 0 N–H and O–H groups in total. The molecule has 0 bridgehead atoms. The van der Waals surface area contributed by atoms with Crippen LogP contribution in [0.1, 0.15) is 25.3 Å². The molecule has 1 aromatic rings. The Balaban J connectivity index is 2.24. The molecular formula is C17H23NO3. The molecule has 4 nitrogen and oxygen atoms in total. The van der Waals surface area contributed by atoms with Crippen LogP contribution in [0.15, 0.2) is 23.8 Å². The van der Waals surface area contributed by atoms with Gasteiger partial charge in [-0.25, -0.2) is 0 Å². The van der Waals surface area contributed by atoms with E-state index < -0.39 is 0 Å². The van der Waals surface area contributed by atoms with Crippen LogP contribution in [0, 0.1) is 0 Å². The molecule has 1 aliphatic heterocycles. The molecule has 0 atom stereocenters. The Labute approximate surface area is 126 Å². The summed E-state index contributed by atoms with van der Waals surface area (Å²) in [5, 5.41) is 0. The highest BCUT2D eigenvalue weighted by molar-refractivity contribution is 6.00. The van der Waals surface area contributed by atoms with Crippen molar-refractivity contribution in [3.05, 3.63) is 29.3 Å². The van der Waals surface area contributed by atoms with E-state index >= 15 is 0 Å². The highest BCUT2D eigenvalue weighted by Crippen LogP contribution is 2.29. The number of hydrogen-bond donors (Lipinski definition) is 0. The number of benzene rings is 1. The smallest absolute Gasteiger partial charge is 0.161 e. The van der Waals surface area contributed by atoms with Crippen LogP contribution < -0.4 is 9.47 Å². The van der Waals surface area contributed by atoms with Crippen LogP contribution in [-0.4, -0.2) is 44.5 Å². The zero-order valence-electron chi connectivity index (χ0n) is 13.0. The summed E-state index contributed by atoms with van der Waals surface area (Å²) in [5.41, 5.74) is 1.83. The molecule has 2 rings (SSSR count). The summed E-state index contributed by atoms with van der Waals surface area (Å²) in [6.45, 7) is 4.26. The zero-order valence-corrected chi connectivity index (χ0v) is 13.0. The SMILES string of the molecule is CCCOc1cc(/C=C2\CN(C)CCC2=O)ccc1OC. The lowest BCUT2D eigenvalue weighted by atomic mass is 10.0. The maximum absolute atomic E-state index is 12.0. The molecule has 21 heavy (non-hydrogen) atoms. The molecule has 0 aromatic heterocycles. The second-order valence-electron chi connectivity index (χ2n) is 5.34. The molecule has 0 radical (unpaired) electrons. The lowest BCUT2D eigenvalue weighted by molar-refractivity contribution is -0.117. The van der Waals surface area contributed by atoms with Crippen molar-refractivity contribution < 1.29 is 14.3 Å². The van der Waals surface area contributed by atoms with Crippen LogP contribution in [0.3, 0.4) is 0 Å². The number of likely N-dealkylation sites (N-methyl/N-ethyl adjacent to an activating group) is 1. The van der Waals surface area contributed by atoms with Crippen LogP contribution in [0.2, 0.25) is 0 Å². The number of carbonyl (C=O) groups is 1. The lowest BCUT2D eigenvalue weighted by Crippen LogP contribution is -2.32. The van der Waals surface area contributed by atoms with Crippen LogP contribution in [0.4, 0.5) is 0 Å². The number of ether oxygens (including phenoxy) is 2. The first-order chi connectivity index (χ1) is 10.1. The van der Waals surface area contributed by atoms with Gasteiger partial charge in [-0.15, -0.1) is 0 Å². The topological polar surface area (TPSA) is 38.8 Å². The number of likely N-dealkylation sites (tertiary alicyclic amines) is 1. The van der Waals surface area contributed by atoms with Crippen molar-refractivity contribution in [1.29, 1.82) is 0 Å². The molecule has 1 heterocycles. The molecule has 114 valence electrons. The Morgan fingerprint density at radius 3 is 2.86 bits per heavy atom. The largest absolute Gasteiger partial charge is 0.493 e. The summed E-state index contributed by atoms with van der Waals surface area (Å²) in [6.07, 6.45) is 3.49. The standard InChI is InChI=1S/C17H23NO3/c1-4-9-21-17-11-13(5-6-16(17)20-3)10-14-12-18(2)8-7-15(14)19/h5-6,10-11H,4,7-9,12H2,1-3H3/b14-10+. The van der Waals surface area contributed by atoms with Crippen molar-refractivity contribution in [2.75, 3.05) is 33.9 Å². The molecule has 1 aliphatic rings. The average Bonchev–Trinajstić information content (AvgIpc) is 2.49. The summed E-state index contributed by atoms with van der Waals surface area (Å²) in [7, 11) is 3.66. The first-order valence-electron chi connectivity index (χ1n) is 7.37.